The normalized spacial score (nSPS) is 23.5. The molecule has 1 saturated heterocycles. The van der Waals surface area contributed by atoms with Gasteiger partial charge in [0.05, 0.1) is 19.0 Å². The topological polar surface area (TPSA) is 159 Å². The van der Waals surface area contributed by atoms with Crippen molar-refractivity contribution in [1.29, 1.82) is 0 Å². The van der Waals surface area contributed by atoms with Crippen LogP contribution in [-0.4, -0.2) is 74.8 Å². The van der Waals surface area contributed by atoms with E-state index in [9.17, 15) is 14.5 Å². The predicted octanol–water partition coefficient (Wildman–Crippen LogP) is 2.91. The van der Waals surface area contributed by atoms with E-state index in [1.165, 1.54) is 17.8 Å². The number of fused-ring (bicyclic) bond motifs is 1. The van der Waals surface area contributed by atoms with Crippen LogP contribution >= 0.6 is 7.75 Å². The van der Waals surface area contributed by atoms with Gasteiger partial charge in [-0.1, -0.05) is 18.2 Å². The number of hydrogen-bond donors (Lipinski definition) is 3. The molecule has 0 aliphatic carbocycles. The number of benzene rings is 1. The van der Waals surface area contributed by atoms with Gasteiger partial charge >= 0.3 is 13.7 Å². The number of hydrogen-bond acceptors (Lipinski definition) is 11. The molecule has 3 aromatic rings. The molecule has 0 bridgehead atoms. The van der Waals surface area contributed by atoms with Crippen LogP contribution in [0.3, 0.4) is 0 Å². The lowest BCUT2D eigenvalue weighted by atomic mass is 10.1. The van der Waals surface area contributed by atoms with Crippen molar-refractivity contribution in [2.75, 3.05) is 19.0 Å². The van der Waals surface area contributed by atoms with E-state index in [-0.39, 0.29) is 5.75 Å². The monoisotopic (exact) mass is 566 g/mol. The van der Waals surface area contributed by atoms with Crippen molar-refractivity contribution in [3.63, 3.8) is 0 Å². The minimum Gasteiger partial charge on any atom is -0.462 e. The molecule has 39 heavy (non-hydrogen) atoms. The van der Waals surface area contributed by atoms with E-state index >= 15 is 4.39 Å². The molecule has 0 saturated carbocycles. The molecular weight excluding hydrogens is 534 g/mol. The highest BCUT2D eigenvalue weighted by atomic mass is 31.2. The number of para-hydroxylation sites is 1. The zero-order valence-electron chi connectivity index (χ0n) is 22.1. The van der Waals surface area contributed by atoms with Gasteiger partial charge in [0.15, 0.2) is 29.4 Å². The summed E-state index contributed by atoms with van der Waals surface area (Å²) in [4.78, 5) is 25.2. The standard InChI is InChI=1S/C24H32FN6O7P/c1-13(2)36-24(33)14(3)30-39(34,38-16-9-7-6-8-10-16)35-11-17-20(32)18(25)23(37-17)31-12-27-19-21(26-5)28-15(4)29-22(19)31/h6-10,12-14,17-18,20,23,32H,11H2,1-5H3,(H,30,34)(H,26,28,29)/t14-,17-,18+,20-,23-,39?/m1/s1. The third kappa shape index (κ3) is 6.53. The molecule has 15 heteroatoms. The summed E-state index contributed by atoms with van der Waals surface area (Å²) in [7, 11) is -2.57. The number of halogens is 1. The Kier molecular flexibility index (Phi) is 8.82. The highest BCUT2D eigenvalue weighted by Crippen LogP contribution is 2.46. The Morgan fingerprint density at radius 1 is 1.26 bits per heavy atom. The van der Waals surface area contributed by atoms with Gasteiger partial charge in [0.1, 0.15) is 29.8 Å². The van der Waals surface area contributed by atoms with E-state index in [2.05, 4.69) is 25.4 Å². The summed E-state index contributed by atoms with van der Waals surface area (Å²) in [6.07, 6.45) is -5.09. The molecule has 3 N–H and O–H groups in total. The first-order valence-corrected chi connectivity index (χ1v) is 13.9. The number of alkyl halides is 1. The minimum absolute atomic E-state index is 0.201. The van der Waals surface area contributed by atoms with Crippen LogP contribution in [0.25, 0.3) is 11.2 Å². The number of rotatable bonds is 11. The highest BCUT2D eigenvalue weighted by molar-refractivity contribution is 7.52. The molecule has 0 radical (unpaired) electrons. The first-order chi connectivity index (χ1) is 18.5. The highest BCUT2D eigenvalue weighted by Gasteiger charge is 2.47. The average Bonchev–Trinajstić information content (AvgIpc) is 3.42. The maximum Gasteiger partial charge on any atom is 0.459 e. The number of aromatic nitrogens is 4. The number of esters is 1. The first-order valence-electron chi connectivity index (χ1n) is 12.4. The largest absolute Gasteiger partial charge is 0.462 e. The number of anilines is 1. The van der Waals surface area contributed by atoms with Crippen LogP contribution in [0.5, 0.6) is 5.75 Å². The van der Waals surface area contributed by atoms with Crippen molar-refractivity contribution in [3.8, 4) is 5.75 Å². The summed E-state index contributed by atoms with van der Waals surface area (Å²) in [5.74, 6) is 0.418. The van der Waals surface area contributed by atoms with Gasteiger partial charge in [-0.3, -0.25) is 13.9 Å². The van der Waals surface area contributed by atoms with Gasteiger partial charge < -0.3 is 24.4 Å². The van der Waals surface area contributed by atoms with Gasteiger partial charge in [0.25, 0.3) is 0 Å². The molecule has 2 aromatic heterocycles. The number of aliphatic hydroxyl groups excluding tert-OH is 1. The molecule has 0 amide bonds. The first kappa shape index (κ1) is 28.8. The Hall–Kier alpha value is -3.16. The lowest BCUT2D eigenvalue weighted by Crippen LogP contribution is -2.37. The molecule has 212 valence electrons. The Morgan fingerprint density at radius 3 is 2.64 bits per heavy atom. The fraction of sp³-hybridized carbons (Fsp3) is 0.500. The van der Waals surface area contributed by atoms with Crippen molar-refractivity contribution in [1.82, 2.24) is 24.6 Å². The van der Waals surface area contributed by atoms with Crippen LogP contribution in [0.2, 0.25) is 0 Å². The lowest BCUT2D eigenvalue weighted by molar-refractivity contribution is -0.149. The third-order valence-corrected chi connectivity index (χ3v) is 7.42. The lowest BCUT2D eigenvalue weighted by Gasteiger charge is -2.25. The van der Waals surface area contributed by atoms with Gasteiger partial charge in [-0.25, -0.2) is 23.9 Å². The number of carbonyl (C=O) groups is 1. The number of imidazole rings is 1. The summed E-state index contributed by atoms with van der Waals surface area (Å²) in [6, 6.07) is 7.11. The molecule has 13 nitrogen and oxygen atoms in total. The Morgan fingerprint density at radius 2 is 1.97 bits per heavy atom. The van der Waals surface area contributed by atoms with Crippen molar-refractivity contribution >= 4 is 30.7 Å². The number of nitrogens with one attached hydrogen (secondary N) is 2. The predicted molar refractivity (Wildman–Crippen MR) is 139 cm³/mol. The van der Waals surface area contributed by atoms with E-state index in [0.717, 1.165) is 0 Å². The van der Waals surface area contributed by atoms with E-state index in [1.54, 1.807) is 58.2 Å². The second kappa shape index (κ2) is 11.9. The second-order valence-electron chi connectivity index (χ2n) is 9.23. The molecule has 3 heterocycles. The summed E-state index contributed by atoms with van der Waals surface area (Å²) in [6.45, 7) is 5.96. The summed E-state index contributed by atoms with van der Waals surface area (Å²) in [5.41, 5.74) is 0.714. The fourth-order valence-electron chi connectivity index (χ4n) is 3.96. The second-order valence-corrected chi connectivity index (χ2v) is 10.9. The van der Waals surface area contributed by atoms with Crippen LogP contribution in [0, 0.1) is 6.92 Å². The molecule has 1 aliphatic rings. The minimum atomic E-state index is -4.24. The smallest absolute Gasteiger partial charge is 0.459 e. The maximum absolute atomic E-state index is 15.3. The van der Waals surface area contributed by atoms with E-state index in [0.29, 0.717) is 22.8 Å². The van der Waals surface area contributed by atoms with Crippen LogP contribution in [0.4, 0.5) is 10.2 Å². The Labute approximate surface area is 224 Å². The molecule has 1 fully saturated rings. The van der Waals surface area contributed by atoms with Crippen molar-refractivity contribution in [3.05, 3.63) is 42.5 Å². The fourth-order valence-corrected chi connectivity index (χ4v) is 5.46. The van der Waals surface area contributed by atoms with Gasteiger partial charge in [0, 0.05) is 7.05 Å². The van der Waals surface area contributed by atoms with Gasteiger partial charge in [-0.05, 0) is 39.8 Å². The summed E-state index contributed by atoms with van der Waals surface area (Å²) in [5, 5.41) is 16.1. The van der Waals surface area contributed by atoms with Crippen LogP contribution in [-0.2, 0) is 23.4 Å². The SMILES string of the molecule is CNc1nc(C)nc2c1ncn2[C@@H]1O[C@H](COP(=O)(N[C@H](C)C(=O)OC(C)C)Oc2ccccc2)[C@@H](O)[C@@H]1F. The van der Waals surface area contributed by atoms with Crippen LogP contribution < -0.4 is 14.9 Å². The van der Waals surface area contributed by atoms with Gasteiger partial charge in [-0.15, -0.1) is 0 Å². The quantitative estimate of drug-likeness (QED) is 0.230. The van der Waals surface area contributed by atoms with E-state index in [4.69, 9.17) is 18.5 Å². The summed E-state index contributed by atoms with van der Waals surface area (Å²) < 4.78 is 52.5. The van der Waals surface area contributed by atoms with Crippen LogP contribution in [0.1, 0.15) is 32.8 Å². The molecular formula is C24H32FN6O7P. The van der Waals surface area contributed by atoms with Gasteiger partial charge in [-0.2, -0.15) is 5.09 Å². The zero-order valence-corrected chi connectivity index (χ0v) is 23.0. The van der Waals surface area contributed by atoms with E-state index in [1.807, 2.05) is 0 Å². The van der Waals surface area contributed by atoms with Gasteiger partial charge in [0.2, 0.25) is 0 Å². The molecule has 4 rings (SSSR count). The molecule has 1 aromatic carbocycles. The Balaban J connectivity index is 1.52. The number of ether oxygens (including phenoxy) is 2. The number of carbonyl (C=O) groups excluding carboxylic acids is 1. The van der Waals surface area contributed by atoms with E-state index < -0.39 is 57.1 Å². The van der Waals surface area contributed by atoms with Crippen molar-refractivity contribution in [2.24, 2.45) is 0 Å². The zero-order chi connectivity index (χ0) is 28.3. The Bertz CT molecular complexity index is 1340. The van der Waals surface area contributed by atoms with Crippen molar-refractivity contribution in [2.45, 2.75) is 64.4 Å². The summed E-state index contributed by atoms with van der Waals surface area (Å²) >= 11 is 0. The van der Waals surface area contributed by atoms with Crippen molar-refractivity contribution < 1.29 is 37.4 Å². The number of aliphatic hydroxyl groups is 1. The maximum atomic E-state index is 15.3. The number of aryl methyl sites for hydroxylation is 1. The third-order valence-electron chi connectivity index (χ3n) is 5.77. The molecule has 1 unspecified atom stereocenters. The molecule has 1 aliphatic heterocycles. The molecule has 6 atom stereocenters. The number of nitrogens with zero attached hydrogens (tertiary/aromatic N) is 4. The average molecular weight is 567 g/mol. The molecule has 0 spiro atoms. The van der Waals surface area contributed by atoms with Crippen LogP contribution in [0.15, 0.2) is 36.7 Å².